The normalized spacial score (nSPS) is 20.8. The first-order chi connectivity index (χ1) is 7.52. The number of nitrogens with one attached hydrogen (secondary N) is 1. The van der Waals surface area contributed by atoms with Gasteiger partial charge in [-0.3, -0.25) is 0 Å². The van der Waals surface area contributed by atoms with E-state index in [4.69, 9.17) is 10.6 Å². The van der Waals surface area contributed by atoms with Crippen molar-refractivity contribution in [3.8, 4) is 0 Å². The van der Waals surface area contributed by atoms with Crippen LogP contribution in [0.15, 0.2) is 6.26 Å². The molecule has 0 aromatic carbocycles. The van der Waals surface area contributed by atoms with Crippen LogP contribution in [0.2, 0.25) is 0 Å². The standard InChI is InChI=1S/C11H17N3OS/c1-11(2)4-7(6-15-13-3)9-8(5-11)14-10(12)16-9/h6,13H,4-5H2,1-3H3,(H2,12,14)/b7-6+. The maximum absolute atomic E-state index is 5.76. The summed E-state index contributed by atoms with van der Waals surface area (Å²) in [5.41, 5.74) is 10.9. The molecule has 88 valence electrons. The fraction of sp³-hybridized carbons (Fsp3) is 0.545. The van der Waals surface area contributed by atoms with Gasteiger partial charge in [0, 0.05) is 12.6 Å². The van der Waals surface area contributed by atoms with E-state index in [9.17, 15) is 0 Å². The van der Waals surface area contributed by atoms with Crippen LogP contribution in [0.1, 0.15) is 30.8 Å². The molecule has 5 heteroatoms. The Morgan fingerprint density at radius 1 is 1.50 bits per heavy atom. The number of thiazole rings is 1. The largest absolute Gasteiger partial charge is 0.416 e. The van der Waals surface area contributed by atoms with Crippen molar-refractivity contribution >= 4 is 22.0 Å². The maximum atomic E-state index is 5.76. The van der Waals surface area contributed by atoms with Gasteiger partial charge in [-0.2, -0.15) is 5.48 Å². The Kier molecular flexibility index (Phi) is 2.90. The van der Waals surface area contributed by atoms with E-state index in [-0.39, 0.29) is 5.41 Å². The molecule has 1 aromatic rings. The number of nitrogens with two attached hydrogens (primary N) is 1. The lowest BCUT2D eigenvalue weighted by atomic mass is 9.77. The minimum Gasteiger partial charge on any atom is -0.416 e. The third-order valence-electron chi connectivity index (χ3n) is 2.64. The van der Waals surface area contributed by atoms with Crippen LogP contribution < -0.4 is 11.2 Å². The van der Waals surface area contributed by atoms with Crippen LogP contribution in [0.25, 0.3) is 5.57 Å². The van der Waals surface area contributed by atoms with Gasteiger partial charge in [-0.25, -0.2) is 4.98 Å². The number of hydrogen-bond donors (Lipinski definition) is 2. The zero-order valence-electron chi connectivity index (χ0n) is 9.83. The van der Waals surface area contributed by atoms with E-state index < -0.39 is 0 Å². The monoisotopic (exact) mass is 239 g/mol. The van der Waals surface area contributed by atoms with Gasteiger partial charge < -0.3 is 10.6 Å². The second-order valence-electron chi connectivity index (χ2n) is 4.81. The molecule has 4 nitrogen and oxygen atoms in total. The maximum Gasteiger partial charge on any atom is 0.180 e. The first kappa shape index (κ1) is 11.4. The predicted molar refractivity (Wildman–Crippen MR) is 66.8 cm³/mol. The van der Waals surface area contributed by atoms with E-state index in [1.807, 2.05) is 0 Å². The lowest BCUT2D eigenvalue weighted by molar-refractivity contribution is 0.158. The Balaban J connectivity index is 2.39. The summed E-state index contributed by atoms with van der Waals surface area (Å²) >= 11 is 1.54. The van der Waals surface area contributed by atoms with Crippen LogP contribution in [0.3, 0.4) is 0 Å². The fourth-order valence-electron chi connectivity index (χ4n) is 2.08. The van der Waals surface area contributed by atoms with Gasteiger partial charge in [0.25, 0.3) is 0 Å². The molecule has 0 saturated carbocycles. The van der Waals surface area contributed by atoms with Gasteiger partial charge in [0.1, 0.15) is 6.26 Å². The molecule has 0 spiro atoms. The predicted octanol–water partition coefficient (Wildman–Crippen LogP) is 2.19. The Hall–Kier alpha value is -1.07. The third-order valence-corrected chi connectivity index (χ3v) is 3.64. The molecule has 0 fully saturated rings. The fourth-order valence-corrected chi connectivity index (χ4v) is 2.93. The van der Waals surface area contributed by atoms with Crippen molar-refractivity contribution in [2.75, 3.05) is 12.8 Å². The number of hydrogen-bond acceptors (Lipinski definition) is 5. The molecule has 0 amide bonds. The van der Waals surface area contributed by atoms with E-state index in [1.165, 1.54) is 10.5 Å². The number of hydroxylamine groups is 1. The smallest absolute Gasteiger partial charge is 0.180 e. The highest BCUT2D eigenvalue weighted by atomic mass is 32.1. The average Bonchev–Trinajstić information content (AvgIpc) is 2.53. The summed E-state index contributed by atoms with van der Waals surface area (Å²) in [7, 11) is 1.74. The van der Waals surface area contributed by atoms with Gasteiger partial charge in [0.05, 0.1) is 10.6 Å². The number of anilines is 1. The van der Waals surface area contributed by atoms with Crippen molar-refractivity contribution in [3.05, 3.63) is 16.8 Å². The van der Waals surface area contributed by atoms with Crippen LogP contribution in [0, 0.1) is 5.41 Å². The van der Waals surface area contributed by atoms with Crippen molar-refractivity contribution in [3.63, 3.8) is 0 Å². The van der Waals surface area contributed by atoms with E-state index in [0.717, 1.165) is 18.5 Å². The molecule has 0 bridgehead atoms. The molecule has 2 rings (SSSR count). The molecule has 0 saturated heterocycles. The van der Waals surface area contributed by atoms with Crippen LogP contribution in [0.4, 0.5) is 5.13 Å². The SMILES string of the molecule is CNO/C=C1\CC(C)(C)Cc2nc(N)sc21. The molecule has 1 aliphatic carbocycles. The summed E-state index contributed by atoms with van der Waals surface area (Å²) in [5.74, 6) is 0. The molecular weight excluding hydrogens is 222 g/mol. The number of nitrogens with zero attached hydrogens (tertiary/aromatic N) is 1. The number of allylic oxidation sites excluding steroid dienone is 1. The molecule has 0 unspecified atom stereocenters. The second-order valence-corrected chi connectivity index (χ2v) is 5.84. The summed E-state index contributed by atoms with van der Waals surface area (Å²) in [6, 6.07) is 0. The quantitative estimate of drug-likeness (QED) is 0.613. The Bertz CT molecular complexity index is 423. The molecule has 0 atom stereocenters. The summed E-state index contributed by atoms with van der Waals surface area (Å²) in [4.78, 5) is 10.7. The molecular formula is C11H17N3OS. The Labute approximate surface area is 99.5 Å². The molecule has 1 heterocycles. The van der Waals surface area contributed by atoms with Crippen molar-refractivity contribution in [2.24, 2.45) is 5.41 Å². The minimum absolute atomic E-state index is 0.219. The summed E-state index contributed by atoms with van der Waals surface area (Å²) in [6.07, 6.45) is 3.73. The third kappa shape index (κ3) is 2.20. The van der Waals surface area contributed by atoms with Crippen molar-refractivity contribution < 1.29 is 4.84 Å². The van der Waals surface area contributed by atoms with E-state index >= 15 is 0 Å². The molecule has 0 radical (unpaired) electrons. The molecule has 16 heavy (non-hydrogen) atoms. The Morgan fingerprint density at radius 3 is 2.94 bits per heavy atom. The topological polar surface area (TPSA) is 60.2 Å². The summed E-state index contributed by atoms with van der Waals surface area (Å²) in [5, 5.41) is 0.637. The molecule has 1 aliphatic rings. The molecule has 3 N–H and O–H groups in total. The first-order valence-corrected chi connectivity index (χ1v) is 6.10. The number of nitrogen functional groups attached to an aromatic ring is 1. The van der Waals surface area contributed by atoms with Crippen LogP contribution in [-0.4, -0.2) is 12.0 Å². The number of fused-ring (bicyclic) bond motifs is 1. The molecule has 1 aromatic heterocycles. The zero-order valence-corrected chi connectivity index (χ0v) is 10.6. The first-order valence-electron chi connectivity index (χ1n) is 5.29. The highest BCUT2D eigenvalue weighted by Crippen LogP contribution is 2.44. The minimum atomic E-state index is 0.219. The highest BCUT2D eigenvalue weighted by molar-refractivity contribution is 7.16. The van der Waals surface area contributed by atoms with Gasteiger partial charge >= 0.3 is 0 Å². The van der Waals surface area contributed by atoms with Crippen molar-refractivity contribution in [1.82, 2.24) is 10.5 Å². The second kappa shape index (κ2) is 4.07. The number of rotatable bonds is 2. The van der Waals surface area contributed by atoms with Gasteiger partial charge in [-0.05, 0) is 18.3 Å². The highest BCUT2D eigenvalue weighted by Gasteiger charge is 2.31. The van der Waals surface area contributed by atoms with Gasteiger partial charge in [0.2, 0.25) is 0 Å². The zero-order chi connectivity index (χ0) is 11.8. The van der Waals surface area contributed by atoms with E-state index in [0.29, 0.717) is 5.13 Å². The lowest BCUT2D eigenvalue weighted by Gasteiger charge is -2.29. The Morgan fingerprint density at radius 2 is 2.25 bits per heavy atom. The van der Waals surface area contributed by atoms with Gasteiger partial charge in [-0.1, -0.05) is 25.2 Å². The molecule has 0 aliphatic heterocycles. The summed E-state index contributed by atoms with van der Waals surface area (Å²) < 4.78 is 0. The van der Waals surface area contributed by atoms with Gasteiger partial charge in [-0.15, -0.1) is 0 Å². The van der Waals surface area contributed by atoms with Crippen LogP contribution in [0.5, 0.6) is 0 Å². The van der Waals surface area contributed by atoms with E-state index in [2.05, 4.69) is 24.3 Å². The van der Waals surface area contributed by atoms with Crippen molar-refractivity contribution in [2.45, 2.75) is 26.7 Å². The lowest BCUT2D eigenvalue weighted by Crippen LogP contribution is -2.21. The van der Waals surface area contributed by atoms with Crippen LogP contribution >= 0.6 is 11.3 Å². The van der Waals surface area contributed by atoms with E-state index in [1.54, 1.807) is 24.6 Å². The van der Waals surface area contributed by atoms with Crippen molar-refractivity contribution in [1.29, 1.82) is 0 Å². The van der Waals surface area contributed by atoms with Crippen LogP contribution in [-0.2, 0) is 11.3 Å². The number of aromatic nitrogens is 1. The average molecular weight is 239 g/mol. The van der Waals surface area contributed by atoms with Gasteiger partial charge in [0.15, 0.2) is 5.13 Å². The summed E-state index contributed by atoms with van der Waals surface area (Å²) in [6.45, 7) is 4.47.